The molecule has 0 amide bonds. The van der Waals surface area contributed by atoms with Gasteiger partial charge in [-0.1, -0.05) is 32.9 Å². The minimum atomic E-state index is -0.439. The molecule has 486 valence electrons. The van der Waals surface area contributed by atoms with Crippen LogP contribution in [0.4, 0.5) is 0 Å². The van der Waals surface area contributed by atoms with Crippen LogP contribution in [0.5, 0.6) is 0 Å². The lowest BCUT2D eigenvalue weighted by molar-refractivity contribution is -0.133. The topological polar surface area (TPSA) is 148 Å². The van der Waals surface area contributed by atoms with Gasteiger partial charge >= 0.3 is 0 Å². The number of hydrogen-bond donors (Lipinski definition) is 3. The predicted molar refractivity (Wildman–Crippen MR) is 348 cm³/mol. The third kappa shape index (κ3) is 11.7. The minimum Gasteiger partial charge on any atom is -0.390 e. The molecule has 11 nitrogen and oxygen atoms in total. The number of carbonyl (C=O) groups excluding carboxylic acids is 2. The van der Waals surface area contributed by atoms with E-state index in [1.54, 1.807) is 6.20 Å². The third-order valence-corrected chi connectivity index (χ3v) is 29.8. The Balaban J connectivity index is 0.000000122. The summed E-state index contributed by atoms with van der Waals surface area (Å²) in [5.41, 5.74) is 5.19. The molecule has 88 heavy (non-hydrogen) atoms. The van der Waals surface area contributed by atoms with Crippen LogP contribution in [-0.4, -0.2) is 73.0 Å². The SMILES string of the molecule is C=C(Cn1ccc(C)n1)[C@H]1CC[C@H]2[C@@H]3CC[C@H]4C[C@](C)(O)CC[C@@H]4[C@H]3CC[C@]12C.Cc1cc(C)n(CC(=O)[C@H]2CC[C@H]3[C@@H]4CC[C@H]5C[C@](C)(O)CC[C@@H]5[C@H]4CC[C@]23C)n1.Cc1ccnn1CC(=O)[C@H]1CC[C@H]2[C@@H]3CC[C@H]4C[C@](C)(O)CC[C@@H]4[C@H]3CC[C@]12C. The molecule has 12 aliphatic carbocycles. The van der Waals surface area contributed by atoms with Gasteiger partial charge in [-0.15, -0.1) is 0 Å². The van der Waals surface area contributed by atoms with Crippen molar-refractivity contribution in [2.45, 2.75) is 279 Å². The van der Waals surface area contributed by atoms with E-state index in [0.717, 1.165) is 164 Å². The number of carbonyl (C=O) groups is 2. The van der Waals surface area contributed by atoms with Crippen LogP contribution in [0.3, 0.4) is 0 Å². The molecule has 0 bridgehead atoms. The van der Waals surface area contributed by atoms with E-state index in [0.29, 0.717) is 41.9 Å². The summed E-state index contributed by atoms with van der Waals surface area (Å²) >= 11 is 0. The maximum absolute atomic E-state index is 13.4. The maximum atomic E-state index is 13.4. The van der Waals surface area contributed by atoms with Gasteiger partial charge < -0.3 is 15.3 Å². The first-order chi connectivity index (χ1) is 41.7. The minimum absolute atomic E-state index is 0.182. The molecule has 3 heterocycles. The third-order valence-electron chi connectivity index (χ3n) is 29.8. The highest BCUT2D eigenvalue weighted by Gasteiger charge is 2.62. The number of rotatable bonds is 9. The first kappa shape index (κ1) is 63.4. The lowest BCUT2D eigenvalue weighted by atomic mass is 9.49. The molecule has 0 unspecified atom stereocenters. The van der Waals surface area contributed by atoms with Crippen molar-refractivity contribution in [2.24, 2.45) is 123 Å². The molecule has 12 aliphatic rings. The highest BCUT2D eigenvalue weighted by Crippen LogP contribution is 2.68. The van der Waals surface area contributed by atoms with Crippen LogP contribution in [0.15, 0.2) is 42.7 Å². The van der Waals surface area contributed by atoms with Gasteiger partial charge in [-0.05, 0) is 351 Å². The highest BCUT2D eigenvalue weighted by molar-refractivity contribution is 5.82. The van der Waals surface area contributed by atoms with Crippen molar-refractivity contribution in [3.63, 3.8) is 0 Å². The Hall–Kier alpha value is -3.41. The largest absolute Gasteiger partial charge is 0.390 e. The number of Topliss-reactive ketones (excluding diaryl/α,β-unsaturated/α-hetero) is 2. The van der Waals surface area contributed by atoms with Crippen LogP contribution in [0, 0.1) is 150 Å². The molecule has 0 spiro atoms. The van der Waals surface area contributed by atoms with Crippen LogP contribution in [0.25, 0.3) is 0 Å². The molecular weight excluding hydrogens is 1090 g/mol. The summed E-state index contributed by atoms with van der Waals surface area (Å²) in [5.74, 6) is 14.1. The van der Waals surface area contributed by atoms with Crippen LogP contribution in [-0.2, 0) is 29.2 Å². The lowest BCUT2D eigenvalue weighted by Gasteiger charge is -2.57. The molecule has 0 aliphatic heterocycles. The molecular formula is C77H118N6O5. The van der Waals surface area contributed by atoms with Crippen molar-refractivity contribution in [2.75, 3.05) is 0 Å². The van der Waals surface area contributed by atoms with Gasteiger partial charge in [-0.3, -0.25) is 23.6 Å². The zero-order valence-electron chi connectivity index (χ0n) is 56.5. The lowest BCUT2D eigenvalue weighted by Crippen LogP contribution is -2.51. The number of aliphatic hydroxyl groups is 3. The summed E-state index contributed by atoms with van der Waals surface area (Å²) < 4.78 is 5.88. The quantitative estimate of drug-likeness (QED) is 0.179. The molecule has 15 rings (SSSR count). The van der Waals surface area contributed by atoms with Gasteiger partial charge in [0, 0.05) is 35.6 Å². The van der Waals surface area contributed by atoms with Crippen molar-refractivity contribution >= 4 is 11.6 Å². The normalized spacial score (nSPS) is 46.2. The number of ketones is 2. The Morgan fingerprint density at radius 1 is 0.455 bits per heavy atom. The zero-order chi connectivity index (χ0) is 62.0. The molecule has 24 atom stereocenters. The molecule has 3 N–H and O–H groups in total. The van der Waals surface area contributed by atoms with Gasteiger partial charge in [0.1, 0.15) is 13.1 Å². The first-order valence-electron chi connectivity index (χ1n) is 36.6. The van der Waals surface area contributed by atoms with E-state index in [-0.39, 0.29) is 22.7 Å². The summed E-state index contributed by atoms with van der Waals surface area (Å²) in [7, 11) is 0. The molecule has 11 heteroatoms. The molecule has 0 radical (unpaired) electrons. The van der Waals surface area contributed by atoms with E-state index in [4.69, 9.17) is 0 Å². The van der Waals surface area contributed by atoms with E-state index in [1.165, 1.54) is 128 Å². The van der Waals surface area contributed by atoms with Crippen LogP contribution in [0.2, 0.25) is 0 Å². The summed E-state index contributed by atoms with van der Waals surface area (Å²) in [6, 6.07) is 6.15. The molecule has 12 fully saturated rings. The van der Waals surface area contributed by atoms with E-state index in [9.17, 15) is 24.9 Å². The van der Waals surface area contributed by atoms with E-state index >= 15 is 0 Å². The molecule has 12 saturated carbocycles. The fourth-order valence-corrected chi connectivity index (χ4v) is 25.8. The molecule has 3 aromatic heterocycles. The summed E-state index contributed by atoms with van der Waals surface area (Å²) in [4.78, 5) is 26.7. The number of allylic oxidation sites excluding steroid dienone is 1. The predicted octanol–water partition coefficient (Wildman–Crippen LogP) is 15.6. The van der Waals surface area contributed by atoms with Crippen LogP contribution >= 0.6 is 0 Å². The number of aryl methyl sites for hydroxylation is 4. The summed E-state index contributed by atoms with van der Waals surface area (Å²) in [5, 5.41) is 45.3. The Morgan fingerprint density at radius 3 is 1.25 bits per heavy atom. The second kappa shape index (κ2) is 23.9. The average molecular weight is 1210 g/mol. The van der Waals surface area contributed by atoms with Crippen molar-refractivity contribution < 1.29 is 24.9 Å². The van der Waals surface area contributed by atoms with Crippen molar-refractivity contribution in [3.8, 4) is 0 Å². The van der Waals surface area contributed by atoms with Crippen molar-refractivity contribution in [1.82, 2.24) is 29.3 Å². The monoisotopic (exact) mass is 1210 g/mol. The van der Waals surface area contributed by atoms with Crippen LogP contribution < -0.4 is 0 Å². The van der Waals surface area contributed by atoms with E-state index in [2.05, 4.69) is 86.4 Å². The Labute approximate surface area is 530 Å². The maximum Gasteiger partial charge on any atom is 0.157 e. The zero-order valence-corrected chi connectivity index (χ0v) is 56.5. The Bertz CT molecular complexity index is 3020. The van der Waals surface area contributed by atoms with E-state index < -0.39 is 16.8 Å². The number of aromatic nitrogens is 6. The molecule has 3 aromatic rings. The van der Waals surface area contributed by atoms with E-state index in [1.807, 2.05) is 43.1 Å². The van der Waals surface area contributed by atoms with Gasteiger partial charge in [-0.25, -0.2) is 0 Å². The second-order valence-electron chi connectivity index (χ2n) is 35.0. The first-order valence-corrected chi connectivity index (χ1v) is 36.6. The number of hydrogen-bond acceptors (Lipinski definition) is 8. The second-order valence-corrected chi connectivity index (χ2v) is 35.0. The average Bonchev–Trinajstić information content (AvgIpc) is 1.90. The number of fused-ring (bicyclic) bond motifs is 15. The van der Waals surface area contributed by atoms with Gasteiger partial charge in [0.15, 0.2) is 11.6 Å². The fourth-order valence-electron chi connectivity index (χ4n) is 25.8. The fraction of sp³-hybridized carbons (Fsp3) is 0.831. The Kier molecular flexibility index (Phi) is 17.2. The molecule has 0 aromatic carbocycles. The van der Waals surface area contributed by atoms with Gasteiger partial charge in [-0.2, -0.15) is 15.3 Å². The molecule has 0 saturated heterocycles. The van der Waals surface area contributed by atoms with Gasteiger partial charge in [0.25, 0.3) is 0 Å². The Morgan fingerprint density at radius 2 is 0.864 bits per heavy atom. The smallest absolute Gasteiger partial charge is 0.157 e. The van der Waals surface area contributed by atoms with Crippen molar-refractivity contribution in [3.05, 3.63) is 65.5 Å². The van der Waals surface area contributed by atoms with Crippen molar-refractivity contribution in [1.29, 1.82) is 0 Å². The highest BCUT2D eigenvalue weighted by atomic mass is 16.3. The summed E-state index contributed by atoms with van der Waals surface area (Å²) in [6.07, 6.45) is 36.7. The van der Waals surface area contributed by atoms with Gasteiger partial charge in [0.05, 0.1) is 34.7 Å². The van der Waals surface area contributed by atoms with Gasteiger partial charge in [0.2, 0.25) is 0 Å². The summed E-state index contributed by atoms with van der Waals surface area (Å²) in [6.45, 7) is 28.1. The number of nitrogens with zero attached hydrogens (tertiary/aromatic N) is 6. The standard InChI is InChI=1S/C26H40N2O2.C26H40N2O.C25H38N2O2/c1-16-13-17(2)28(27-16)15-24(29)23-8-7-22-21-6-5-18-14-25(3,30)11-9-19(18)20(21)10-12-26(22,23)4;1-17(16-28-14-11-18(2)27-28)23-7-8-24-22-6-5-19-15-25(3,29)12-9-20(19)21(22)10-13-26(23,24)4;1-16-10-13-26-27(16)15-23(28)22-7-6-21-20-5-4-17-14-24(2,29)11-8-18(17)19(20)9-12-25(21,22)3/h13,18-23,30H,5-12,14-15H2,1-4H3;11,14,19-24,29H,1,5-10,12-13,15-16H2,2-4H3;10,13,17-22,29H,4-9,11-12,14-15H2,1-3H3/t18-,19-,20+,21+,22-,23+,25+,26-;19-,20-,21+,22+,23+,24-,25+,26+;17-,18-,19+,20+,21-,22+,24+,25-/m000/s1. The van der Waals surface area contributed by atoms with Crippen LogP contribution in [0.1, 0.15) is 238 Å².